The Balaban J connectivity index is 2.06. The molecule has 1 heterocycles. The minimum absolute atomic E-state index is 0.501. The number of benzene rings is 1. The van der Waals surface area contributed by atoms with E-state index in [2.05, 4.69) is 5.10 Å². The van der Waals surface area contributed by atoms with Crippen LogP contribution in [0.25, 0.3) is 0 Å². The van der Waals surface area contributed by atoms with Gasteiger partial charge in [-0.1, -0.05) is 29.3 Å². The third kappa shape index (κ3) is 3.05. The van der Waals surface area contributed by atoms with Crippen LogP contribution in [-0.2, 0) is 13.5 Å². The highest BCUT2D eigenvalue weighted by atomic mass is 35.5. The molecule has 0 fully saturated rings. The zero-order valence-electron chi connectivity index (χ0n) is 9.98. The fourth-order valence-electron chi connectivity index (χ4n) is 1.88. The van der Waals surface area contributed by atoms with E-state index in [1.807, 2.05) is 13.2 Å². The summed E-state index contributed by atoms with van der Waals surface area (Å²) in [7, 11) is 1.87. The maximum absolute atomic E-state index is 10.2. The van der Waals surface area contributed by atoms with E-state index < -0.39 is 6.10 Å². The van der Waals surface area contributed by atoms with Crippen LogP contribution in [0.1, 0.15) is 23.7 Å². The van der Waals surface area contributed by atoms with Gasteiger partial charge in [0.25, 0.3) is 0 Å². The lowest BCUT2D eigenvalue weighted by atomic mass is 10.0. The zero-order chi connectivity index (χ0) is 13.1. The van der Waals surface area contributed by atoms with Crippen molar-refractivity contribution in [3.05, 3.63) is 51.8 Å². The maximum atomic E-state index is 10.2. The largest absolute Gasteiger partial charge is 0.388 e. The van der Waals surface area contributed by atoms with Crippen molar-refractivity contribution in [2.45, 2.75) is 18.9 Å². The third-order valence-electron chi connectivity index (χ3n) is 2.80. The molecule has 1 unspecified atom stereocenters. The minimum Gasteiger partial charge on any atom is -0.388 e. The van der Waals surface area contributed by atoms with Crippen LogP contribution in [0.2, 0.25) is 10.0 Å². The monoisotopic (exact) mass is 284 g/mol. The Kier molecular flexibility index (Phi) is 4.27. The highest BCUT2D eigenvalue weighted by molar-refractivity contribution is 6.36. The van der Waals surface area contributed by atoms with Gasteiger partial charge in [-0.2, -0.15) is 5.10 Å². The number of rotatable bonds is 4. The van der Waals surface area contributed by atoms with Crippen LogP contribution in [0, 0.1) is 0 Å². The predicted octanol–water partition coefficient (Wildman–Crippen LogP) is 3.39. The second-order valence-electron chi connectivity index (χ2n) is 4.21. The molecule has 2 rings (SSSR count). The molecule has 3 nitrogen and oxygen atoms in total. The van der Waals surface area contributed by atoms with Crippen LogP contribution in [0.4, 0.5) is 0 Å². The van der Waals surface area contributed by atoms with E-state index in [1.54, 1.807) is 29.1 Å². The molecule has 0 saturated heterocycles. The van der Waals surface area contributed by atoms with Gasteiger partial charge < -0.3 is 5.11 Å². The summed E-state index contributed by atoms with van der Waals surface area (Å²) in [6.07, 6.45) is 4.36. The van der Waals surface area contributed by atoms with Gasteiger partial charge in [-0.15, -0.1) is 0 Å². The van der Waals surface area contributed by atoms with Crippen LogP contribution >= 0.6 is 23.2 Å². The summed E-state index contributed by atoms with van der Waals surface area (Å²) in [4.78, 5) is 0. The van der Waals surface area contributed by atoms with Gasteiger partial charge in [0, 0.05) is 28.9 Å². The van der Waals surface area contributed by atoms with E-state index in [0.717, 1.165) is 12.0 Å². The van der Waals surface area contributed by atoms with Crippen molar-refractivity contribution < 1.29 is 5.11 Å². The molecule has 1 aromatic carbocycles. The smallest absolute Gasteiger partial charge is 0.0822 e. The summed E-state index contributed by atoms with van der Waals surface area (Å²) in [5.41, 5.74) is 1.68. The molecule has 96 valence electrons. The summed E-state index contributed by atoms with van der Waals surface area (Å²) < 4.78 is 1.74. The summed E-state index contributed by atoms with van der Waals surface area (Å²) in [5.74, 6) is 0. The number of aryl methyl sites for hydroxylation is 2. The molecule has 0 bridgehead atoms. The van der Waals surface area contributed by atoms with Crippen LogP contribution in [-0.4, -0.2) is 14.9 Å². The van der Waals surface area contributed by atoms with E-state index in [1.165, 1.54) is 0 Å². The maximum Gasteiger partial charge on any atom is 0.0822 e. The lowest BCUT2D eigenvalue weighted by Gasteiger charge is -2.13. The Bertz CT molecular complexity index is 519. The number of hydrogen-bond acceptors (Lipinski definition) is 2. The highest BCUT2D eigenvalue weighted by Gasteiger charge is 2.15. The standard InChI is InChI=1S/C13H14Cl2N2O/c1-17-8-9(7-16-17)5-6-12(18)13-10(14)3-2-4-11(13)15/h2-4,7-8,12,18H,5-6H2,1H3. The van der Waals surface area contributed by atoms with E-state index in [9.17, 15) is 5.11 Å². The number of halogens is 2. The van der Waals surface area contributed by atoms with Crippen LogP contribution in [0.5, 0.6) is 0 Å². The molecule has 1 atom stereocenters. The predicted molar refractivity (Wildman–Crippen MR) is 73.0 cm³/mol. The molecule has 0 radical (unpaired) electrons. The Morgan fingerprint density at radius 1 is 1.33 bits per heavy atom. The Morgan fingerprint density at radius 3 is 2.56 bits per heavy atom. The second-order valence-corrected chi connectivity index (χ2v) is 5.03. The molecular formula is C13H14Cl2N2O. The molecule has 0 amide bonds. The summed E-state index contributed by atoms with van der Waals surface area (Å²) in [6.45, 7) is 0. The molecule has 2 aromatic rings. The molecule has 1 aromatic heterocycles. The third-order valence-corrected chi connectivity index (χ3v) is 3.46. The topological polar surface area (TPSA) is 38.0 Å². The first-order valence-electron chi connectivity index (χ1n) is 5.67. The number of aromatic nitrogens is 2. The van der Waals surface area contributed by atoms with Gasteiger partial charge in [0.05, 0.1) is 12.3 Å². The first-order chi connectivity index (χ1) is 8.58. The van der Waals surface area contributed by atoms with Crippen LogP contribution in [0.15, 0.2) is 30.6 Å². The number of aliphatic hydroxyl groups excluding tert-OH is 1. The first kappa shape index (κ1) is 13.4. The summed E-state index contributed by atoms with van der Waals surface area (Å²) in [6, 6.07) is 5.23. The Labute approximate surface area is 116 Å². The molecule has 0 saturated carbocycles. The van der Waals surface area contributed by atoms with E-state index in [0.29, 0.717) is 22.0 Å². The molecule has 5 heteroatoms. The average Bonchev–Trinajstić information content (AvgIpc) is 2.72. The van der Waals surface area contributed by atoms with Gasteiger partial charge in [-0.25, -0.2) is 0 Å². The first-order valence-corrected chi connectivity index (χ1v) is 6.43. The van der Waals surface area contributed by atoms with E-state index >= 15 is 0 Å². The minimum atomic E-state index is -0.661. The summed E-state index contributed by atoms with van der Waals surface area (Å²) in [5, 5.41) is 15.2. The van der Waals surface area contributed by atoms with E-state index in [-0.39, 0.29) is 0 Å². The second kappa shape index (κ2) is 5.74. The summed E-state index contributed by atoms with van der Waals surface area (Å²) >= 11 is 12.1. The quantitative estimate of drug-likeness (QED) is 0.935. The number of hydrogen-bond donors (Lipinski definition) is 1. The van der Waals surface area contributed by atoms with Gasteiger partial charge in [-0.05, 0) is 30.5 Å². The van der Waals surface area contributed by atoms with Crippen LogP contribution < -0.4 is 0 Å². The molecule has 0 aliphatic carbocycles. The van der Waals surface area contributed by atoms with Crippen molar-refractivity contribution in [2.24, 2.45) is 7.05 Å². The van der Waals surface area contributed by atoms with E-state index in [4.69, 9.17) is 23.2 Å². The molecular weight excluding hydrogens is 271 g/mol. The van der Waals surface area contributed by atoms with Gasteiger partial charge in [-0.3, -0.25) is 4.68 Å². The van der Waals surface area contributed by atoms with Gasteiger partial charge in [0.15, 0.2) is 0 Å². The van der Waals surface area contributed by atoms with Gasteiger partial charge in [0.1, 0.15) is 0 Å². The lowest BCUT2D eigenvalue weighted by Crippen LogP contribution is -2.01. The van der Waals surface area contributed by atoms with Crippen LogP contribution in [0.3, 0.4) is 0 Å². The average molecular weight is 285 g/mol. The highest BCUT2D eigenvalue weighted by Crippen LogP contribution is 2.32. The molecule has 18 heavy (non-hydrogen) atoms. The van der Waals surface area contributed by atoms with Crippen molar-refractivity contribution in [2.75, 3.05) is 0 Å². The van der Waals surface area contributed by atoms with Crippen molar-refractivity contribution in [3.63, 3.8) is 0 Å². The zero-order valence-corrected chi connectivity index (χ0v) is 11.5. The fraction of sp³-hybridized carbons (Fsp3) is 0.308. The van der Waals surface area contributed by atoms with Gasteiger partial charge in [0.2, 0.25) is 0 Å². The fourth-order valence-corrected chi connectivity index (χ4v) is 2.53. The number of nitrogens with zero attached hydrogens (tertiary/aromatic N) is 2. The van der Waals surface area contributed by atoms with Crippen molar-refractivity contribution in [3.8, 4) is 0 Å². The normalized spacial score (nSPS) is 12.7. The number of aliphatic hydroxyl groups is 1. The Morgan fingerprint density at radius 2 is 2.00 bits per heavy atom. The molecule has 0 aliphatic heterocycles. The molecule has 1 N–H and O–H groups in total. The van der Waals surface area contributed by atoms with Crippen molar-refractivity contribution >= 4 is 23.2 Å². The Hall–Kier alpha value is -1.03. The molecule has 0 spiro atoms. The van der Waals surface area contributed by atoms with Crippen molar-refractivity contribution in [1.82, 2.24) is 9.78 Å². The molecule has 0 aliphatic rings. The van der Waals surface area contributed by atoms with Crippen molar-refractivity contribution in [1.29, 1.82) is 0 Å². The lowest BCUT2D eigenvalue weighted by molar-refractivity contribution is 0.168. The SMILES string of the molecule is Cn1cc(CCC(O)c2c(Cl)cccc2Cl)cn1. The van der Waals surface area contributed by atoms with Gasteiger partial charge >= 0.3 is 0 Å².